The zero-order chi connectivity index (χ0) is 25.1. The molecule has 0 nitrogen and oxygen atoms in total. The van der Waals surface area contributed by atoms with Crippen molar-refractivity contribution >= 4 is 12.2 Å². The van der Waals surface area contributed by atoms with Gasteiger partial charge in [0.15, 0.2) is 0 Å². The third kappa shape index (κ3) is 7.07. The summed E-state index contributed by atoms with van der Waals surface area (Å²) in [6, 6.07) is 0. The number of benzene rings is 1. The normalized spacial score (nSPS) is 16.2. The lowest BCUT2D eigenvalue weighted by Crippen LogP contribution is -2.02. The fourth-order valence-corrected chi connectivity index (χ4v) is 4.22. The highest BCUT2D eigenvalue weighted by atomic mass is 14.2. The summed E-state index contributed by atoms with van der Waals surface area (Å²) in [4.78, 5) is 0. The van der Waals surface area contributed by atoms with E-state index in [9.17, 15) is 0 Å². The smallest absolute Gasteiger partial charge is 0.00203 e. The number of hydrogen-bond donors (Lipinski definition) is 0. The first-order chi connectivity index (χ1) is 15.1. The Hall–Kier alpha value is -2.34. The monoisotopic (exact) mass is 442 g/mol. The van der Waals surface area contributed by atoms with Crippen LogP contribution in [0.15, 0.2) is 58.7 Å². The molecule has 0 heterocycles. The Morgan fingerprint density at radius 3 is 1.36 bits per heavy atom. The zero-order valence-electron chi connectivity index (χ0n) is 23.3. The molecule has 0 bridgehead atoms. The minimum atomic E-state index is 0.186. The van der Waals surface area contributed by atoms with E-state index in [-0.39, 0.29) is 10.8 Å². The van der Waals surface area contributed by atoms with E-state index in [1.807, 2.05) is 0 Å². The second-order valence-corrected chi connectivity index (χ2v) is 11.9. The van der Waals surface area contributed by atoms with Gasteiger partial charge < -0.3 is 0 Å². The topological polar surface area (TPSA) is 0 Å². The fraction of sp³-hybridized carbons (Fsp3) is 0.455. The summed E-state index contributed by atoms with van der Waals surface area (Å²) in [5, 5.41) is 0. The van der Waals surface area contributed by atoms with E-state index in [0.29, 0.717) is 0 Å². The lowest BCUT2D eigenvalue weighted by Gasteiger charge is -2.18. The van der Waals surface area contributed by atoms with Crippen LogP contribution < -0.4 is 0 Å². The Morgan fingerprint density at radius 1 is 0.485 bits per heavy atom. The van der Waals surface area contributed by atoms with E-state index in [1.165, 1.54) is 55.7 Å². The third-order valence-corrected chi connectivity index (χ3v) is 6.85. The van der Waals surface area contributed by atoms with Gasteiger partial charge in [-0.05, 0) is 114 Å². The molecule has 1 aliphatic rings. The maximum Gasteiger partial charge on any atom is -0.00203 e. The van der Waals surface area contributed by atoms with Crippen LogP contribution in [0.1, 0.15) is 95.2 Å². The van der Waals surface area contributed by atoms with Crippen molar-refractivity contribution in [1.82, 2.24) is 0 Å². The lowest BCUT2D eigenvalue weighted by molar-refractivity contribution is 0.544. The summed E-state index contributed by atoms with van der Waals surface area (Å²) in [6.45, 7) is 27.0. The lowest BCUT2D eigenvalue weighted by atomic mass is 9.86. The summed E-state index contributed by atoms with van der Waals surface area (Å²) in [6.07, 6.45) is 19.3. The van der Waals surface area contributed by atoms with Gasteiger partial charge in [-0.2, -0.15) is 0 Å². The van der Waals surface area contributed by atoms with Crippen molar-refractivity contribution in [3.05, 3.63) is 92.1 Å². The first-order valence-corrected chi connectivity index (χ1v) is 12.4. The molecule has 1 aromatic rings. The molecule has 0 spiro atoms. The Bertz CT molecular complexity index is 1050. The molecule has 0 amide bonds. The summed E-state index contributed by atoms with van der Waals surface area (Å²) in [5.41, 5.74) is 14.4. The minimum Gasteiger partial charge on any atom is -0.0791 e. The number of hydrogen-bond acceptors (Lipinski definition) is 0. The zero-order valence-corrected chi connectivity index (χ0v) is 23.3. The Morgan fingerprint density at radius 2 is 0.909 bits per heavy atom. The number of rotatable bonds is 5. The molecule has 1 aromatic carbocycles. The molecule has 0 aliphatic heterocycles. The van der Waals surface area contributed by atoms with Crippen LogP contribution in [0.2, 0.25) is 0 Å². The molecule has 2 rings (SSSR count). The molecule has 1 aliphatic carbocycles. The molecule has 0 saturated carbocycles. The number of allylic oxidation sites excluding steroid dienone is 10. The minimum absolute atomic E-state index is 0.186. The average molecular weight is 443 g/mol. The highest BCUT2D eigenvalue weighted by Gasteiger charge is 2.16. The summed E-state index contributed by atoms with van der Waals surface area (Å²) in [7, 11) is 0. The molecule has 178 valence electrons. The molecule has 0 radical (unpaired) electrons. The SMILES string of the molecule is CC1=C(/C=C/C=C/C(C)(C)C)CC(/C=C/c2c(C)c(C)c(/C=C/C(C)(C)C)c(C)c2C)=C1C. The van der Waals surface area contributed by atoms with Gasteiger partial charge in [0.25, 0.3) is 0 Å². The molecular formula is C33H46. The predicted molar refractivity (Wildman–Crippen MR) is 151 cm³/mol. The van der Waals surface area contributed by atoms with Gasteiger partial charge in [0.2, 0.25) is 0 Å². The van der Waals surface area contributed by atoms with Gasteiger partial charge in [-0.3, -0.25) is 0 Å². The summed E-state index contributed by atoms with van der Waals surface area (Å²) >= 11 is 0. The largest absolute Gasteiger partial charge is 0.0791 e. The Balaban J connectivity index is 2.31. The van der Waals surface area contributed by atoms with Crippen LogP contribution in [-0.4, -0.2) is 0 Å². The van der Waals surface area contributed by atoms with Gasteiger partial charge in [0.05, 0.1) is 0 Å². The van der Waals surface area contributed by atoms with E-state index >= 15 is 0 Å². The molecule has 0 N–H and O–H groups in total. The van der Waals surface area contributed by atoms with Crippen LogP contribution >= 0.6 is 0 Å². The van der Waals surface area contributed by atoms with Crippen molar-refractivity contribution in [2.24, 2.45) is 10.8 Å². The van der Waals surface area contributed by atoms with Gasteiger partial charge in [-0.15, -0.1) is 0 Å². The van der Waals surface area contributed by atoms with Gasteiger partial charge in [-0.1, -0.05) is 90.2 Å². The van der Waals surface area contributed by atoms with E-state index < -0.39 is 0 Å². The van der Waals surface area contributed by atoms with Crippen molar-refractivity contribution in [2.75, 3.05) is 0 Å². The van der Waals surface area contributed by atoms with E-state index in [0.717, 1.165) is 6.42 Å². The first-order valence-electron chi connectivity index (χ1n) is 12.4. The van der Waals surface area contributed by atoms with Crippen molar-refractivity contribution < 1.29 is 0 Å². The van der Waals surface area contributed by atoms with Gasteiger partial charge >= 0.3 is 0 Å². The van der Waals surface area contributed by atoms with Crippen LogP contribution in [0.5, 0.6) is 0 Å². The average Bonchev–Trinajstić information content (AvgIpc) is 2.96. The van der Waals surface area contributed by atoms with Gasteiger partial charge in [0, 0.05) is 0 Å². The second kappa shape index (κ2) is 10.3. The van der Waals surface area contributed by atoms with Crippen molar-refractivity contribution in [3.8, 4) is 0 Å². The maximum absolute atomic E-state index is 2.35. The fourth-order valence-electron chi connectivity index (χ4n) is 4.22. The molecule has 0 aromatic heterocycles. The van der Waals surface area contributed by atoms with E-state index in [4.69, 9.17) is 0 Å². The summed E-state index contributed by atoms with van der Waals surface area (Å²) < 4.78 is 0. The van der Waals surface area contributed by atoms with Crippen molar-refractivity contribution in [1.29, 1.82) is 0 Å². The molecule has 0 atom stereocenters. The standard InChI is InChI=1S/C33H46/c1-22-23(2)29(21-28(22)15-13-14-19-32(7,8)9)16-17-30-24(3)26(5)31(27(6)25(30)4)18-20-33(10,11)12/h13-20H,21H2,1-12H3/b15-13+,17-16+,19-14+,20-18+. The second-order valence-electron chi connectivity index (χ2n) is 11.9. The molecular weight excluding hydrogens is 396 g/mol. The molecule has 0 unspecified atom stereocenters. The van der Waals surface area contributed by atoms with E-state index in [2.05, 4.69) is 132 Å². The predicted octanol–water partition coefficient (Wildman–Crippen LogP) is 10.2. The quantitative estimate of drug-likeness (QED) is 0.398. The van der Waals surface area contributed by atoms with E-state index in [1.54, 1.807) is 0 Å². The van der Waals surface area contributed by atoms with Gasteiger partial charge in [-0.25, -0.2) is 0 Å². The highest BCUT2D eigenvalue weighted by Crippen LogP contribution is 2.35. The molecule has 0 heteroatoms. The third-order valence-electron chi connectivity index (χ3n) is 6.85. The Kier molecular flexibility index (Phi) is 8.39. The first kappa shape index (κ1) is 26.9. The molecule has 0 saturated heterocycles. The molecule has 0 fully saturated rings. The van der Waals surface area contributed by atoms with Crippen LogP contribution in [-0.2, 0) is 0 Å². The highest BCUT2D eigenvalue weighted by molar-refractivity contribution is 5.71. The van der Waals surface area contributed by atoms with Crippen LogP contribution in [0, 0.1) is 38.5 Å². The van der Waals surface area contributed by atoms with Crippen LogP contribution in [0.3, 0.4) is 0 Å². The summed E-state index contributed by atoms with van der Waals surface area (Å²) in [5.74, 6) is 0. The maximum atomic E-state index is 2.35. The van der Waals surface area contributed by atoms with Crippen molar-refractivity contribution in [2.45, 2.75) is 89.5 Å². The van der Waals surface area contributed by atoms with Crippen molar-refractivity contribution in [3.63, 3.8) is 0 Å². The van der Waals surface area contributed by atoms with Crippen LogP contribution in [0.4, 0.5) is 0 Å². The van der Waals surface area contributed by atoms with Crippen LogP contribution in [0.25, 0.3) is 12.2 Å². The Labute approximate surface area is 204 Å². The molecule has 33 heavy (non-hydrogen) atoms. The van der Waals surface area contributed by atoms with Gasteiger partial charge in [0.1, 0.15) is 0 Å².